The molecule has 0 atom stereocenters. The number of hydrogen-bond donors (Lipinski definition) is 4. The summed E-state index contributed by atoms with van der Waals surface area (Å²) < 4.78 is 0. The molecule has 1 aliphatic rings. The van der Waals surface area contributed by atoms with Gasteiger partial charge in [0.2, 0.25) is 0 Å². The third-order valence-electron chi connectivity index (χ3n) is 3.98. The van der Waals surface area contributed by atoms with Gasteiger partial charge in [0.15, 0.2) is 0 Å². The molecular weight excluding hydrogens is 352 g/mol. The predicted molar refractivity (Wildman–Crippen MR) is 100 cm³/mol. The van der Waals surface area contributed by atoms with Gasteiger partial charge in [0.25, 0.3) is 11.8 Å². The van der Waals surface area contributed by atoms with E-state index in [0.717, 1.165) is 25.7 Å². The molecule has 136 valence electrons. The van der Waals surface area contributed by atoms with Gasteiger partial charge in [0.05, 0.1) is 4.88 Å². The zero-order chi connectivity index (χ0) is 18.4. The van der Waals surface area contributed by atoms with E-state index in [1.165, 1.54) is 21.8 Å². The first-order valence-corrected chi connectivity index (χ1v) is 9.24. The lowest BCUT2D eigenvalue weighted by Crippen LogP contribution is -2.46. The fourth-order valence-corrected chi connectivity index (χ4v) is 3.84. The van der Waals surface area contributed by atoms with Crippen molar-refractivity contribution in [1.82, 2.24) is 16.2 Å². The number of thiophene rings is 1. The van der Waals surface area contributed by atoms with Gasteiger partial charge in [-0.3, -0.25) is 20.4 Å². The highest BCUT2D eigenvalue weighted by atomic mass is 32.1. The van der Waals surface area contributed by atoms with Gasteiger partial charge in [-0.2, -0.15) is 0 Å². The molecule has 0 unspecified atom stereocenters. The van der Waals surface area contributed by atoms with Crippen LogP contribution in [0.3, 0.4) is 0 Å². The molecule has 4 N–H and O–H groups in total. The third kappa shape index (κ3) is 4.82. The molecule has 0 radical (unpaired) electrons. The Bertz CT molecular complexity index is 781. The highest BCUT2D eigenvalue weighted by Gasteiger charge is 2.17. The van der Waals surface area contributed by atoms with Crippen LogP contribution in [0.2, 0.25) is 0 Å². The van der Waals surface area contributed by atoms with Crippen LogP contribution in [0.5, 0.6) is 0 Å². The molecule has 7 nitrogen and oxygen atoms in total. The summed E-state index contributed by atoms with van der Waals surface area (Å²) in [6, 6.07) is 10.3. The van der Waals surface area contributed by atoms with E-state index in [-0.39, 0.29) is 12.5 Å². The Morgan fingerprint density at radius 2 is 1.77 bits per heavy atom. The molecule has 2 aromatic rings. The number of fused-ring (bicyclic) bond motifs is 1. The van der Waals surface area contributed by atoms with E-state index in [2.05, 4.69) is 21.5 Å². The number of hydrazine groups is 1. The van der Waals surface area contributed by atoms with Crippen LogP contribution in [0, 0.1) is 0 Å². The Morgan fingerprint density at radius 3 is 2.54 bits per heavy atom. The second-order valence-electron chi connectivity index (χ2n) is 5.94. The van der Waals surface area contributed by atoms with E-state index >= 15 is 0 Å². The highest BCUT2D eigenvalue weighted by molar-refractivity contribution is 7.14. The number of amides is 4. The summed E-state index contributed by atoms with van der Waals surface area (Å²) in [5.74, 6) is -0.852. The number of carbonyl (C=O) groups is 3. The van der Waals surface area contributed by atoms with E-state index in [1.807, 2.05) is 12.1 Å². The first-order valence-electron chi connectivity index (χ1n) is 8.42. The zero-order valence-electron chi connectivity index (χ0n) is 14.1. The predicted octanol–water partition coefficient (Wildman–Crippen LogP) is 2.21. The molecule has 3 rings (SSSR count). The maximum Gasteiger partial charge on any atom is 0.319 e. The summed E-state index contributed by atoms with van der Waals surface area (Å²) in [6.07, 6.45) is 4.33. The van der Waals surface area contributed by atoms with Crippen LogP contribution >= 0.6 is 11.3 Å². The second kappa shape index (κ2) is 8.48. The van der Waals surface area contributed by atoms with Crippen LogP contribution < -0.4 is 21.5 Å². The van der Waals surface area contributed by atoms with Gasteiger partial charge in [-0.15, -0.1) is 11.3 Å². The minimum absolute atomic E-state index is 0.250. The number of aryl methyl sites for hydroxylation is 2. The lowest BCUT2D eigenvalue weighted by Gasteiger charge is -2.08. The molecule has 0 spiro atoms. The summed E-state index contributed by atoms with van der Waals surface area (Å²) in [6.45, 7) is -0.250. The molecule has 26 heavy (non-hydrogen) atoms. The van der Waals surface area contributed by atoms with Crippen molar-refractivity contribution in [3.8, 4) is 0 Å². The van der Waals surface area contributed by atoms with Crippen LogP contribution in [0.1, 0.15) is 33.0 Å². The van der Waals surface area contributed by atoms with Gasteiger partial charge in [-0.05, 0) is 49.4 Å². The Kier molecular flexibility index (Phi) is 5.85. The minimum Gasteiger partial charge on any atom is -0.329 e. The number of carbonyl (C=O) groups excluding carboxylic acids is 3. The molecule has 0 saturated carbocycles. The van der Waals surface area contributed by atoms with Crippen molar-refractivity contribution in [1.29, 1.82) is 0 Å². The lowest BCUT2D eigenvalue weighted by atomic mass is 9.99. The Morgan fingerprint density at radius 1 is 1.00 bits per heavy atom. The molecule has 1 heterocycles. The molecule has 0 saturated heterocycles. The lowest BCUT2D eigenvalue weighted by molar-refractivity contribution is -0.120. The number of hydrogen-bond acceptors (Lipinski definition) is 4. The van der Waals surface area contributed by atoms with Crippen molar-refractivity contribution in [2.24, 2.45) is 0 Å². The van der Waals surface area contributed by atoms with Gasteiger partial charge >= 0.3 is 6.03 Å². The van der Waals surface area contributed by atoms with Crippen molar-refractivity contribution < 1.29 is 14.4 Å². The Balaban J connectivity index is 1.40. The van der Waals surface area contributed by atoms with Crippen LogP contribution in [0.4, 0.5) is 10.5 Å². The van der Waals surface area contributed by atoms with E-state index in [4.69, 9.17) is 0 Å². The maximum absolute atomic E-state index is 12.1. The molecule has 0 fully saturated rings. The van der Waals surface area contributed by atoms with Crippen molar-refractivity contribution in [2.45, 2.75) is 25.7 Å². The number of benzene rings is 1. The topological polar surface area (TPSA) is 99.3 Å². The number of anilines is 1. The fraction of sp³-hybridized carbons (Fsp3) is 0.278. The number of urea groups is 1. The Labute approximate surface area is 155 Å². The molecule has 1 aromatic heterocycles. The van der Waals surface area contributed by atoms with E-state index in [9.17, 15) is 14.4 Å². The molecule has 0 aliphatic heterocycles. The fourth-order valence-electron chi connectivity index (χ4n) is 2.69. The highest BCUT2D eigenvalue weighted by Crippen LogP contribution is 2.29. The van der Waals surface area contributed by atoms with E-state index in [1.54, 1.807) is 24.3 Å². The Hall–Kier alpha value is -2.87. The van der Waals surface area contributed by atoms with Gasteiger partial charge in [0, 0.05) is 10.6 Å². The van der Waals surface area contributed by atoms with E-state index in [0.29, 0.717) is 10.6 Å². The number of nitrogens with one attached hydrogen (secondary N) is 4. The molecule has 0 bridgehead atoms. The number of rotatable bonds is 4. The largest absolute Gasteiger partial charge is 0.329 e. The maximum atomic E-state index is 12.1. The summed E-state index contributed by atoms with van der Waals surface area (Å²) in [7, 11) is 0. The number of para-hydroxylation sites is 1. The summed E-state index contributed by atoms with van der Waals surface area (Å²) >= 11 is 1.47. The molecule has 1 aliphatic carbocycles. The molecule has 8 heteroatoms. The van der Waals surface area contributed by atoms with Gasteiger partial charge < -0.3 is 10.6 Å². The van der Waals surface area contributed by atoms with Crippen molar-refractivity contribution in [2.75, 3.05) is 11.9 Å². The third-order valence-corrected chi connectivity index (χ3v) is 5.21. The summed E-state index contributed by atoms with van der Waals surface area (Å²) in [4.78, 5) is 37.4. The van der Waals surface area contributed by atoms with Crippen molar-refractivity contribution >= 4 is 34.9 Å². The smallest absolute Gasteiger partial charge is 0.319 e. The zero-order valence-corrected chi connectivity index (χ0v) is 14.9. The molecule has 4 amide bonds. The van der Waals surface area contributed by atoms with Crippen LogP contribution in [0.25, 0.3) is 0 Å². The first kappa shape index (κ1) is 17.9. The molecular formula is C18H20N4O3S. The van der Waals surface area contributed by atoms with Crippen LogP contribution in [-0.4, -0.2) is 24.4 Å². The SMILES string of the molecule is O=C(CNC(=O)Nc1ccccc1)NNC(=O)c1cc2c(s1)CCCC2. The summed E-state index contributed by atoms with van der Waals surface area (Å²) in [5, 5.41) is 5.02. The van der Waals surface area contributed by atoms with Crippen molar-refractivity contribution in [3.05, 3.63) is 51.7 Å². The van der Waals surface area contributed by atoms with E-state index < -0.39 is 11.9 Å². The van der Waals surface area contributed by atoms with Crippen LogP contribution in [-0.2, 0) is 17.6 Å². The van der Waals surface area contributed by atoms with Gasteiger partial charge in [-0.1, -0.05) is 18.2 Å². The standard InChI is InChI=1S/C18H20N4O3S/c23-16(11-19-18(25)20-13-7-2-1-3-8-13)21-22-17(24)15-10-12-6-4-5-9-14(12)26-15/h1-3,7-8,10H,4-6,9,11H2,(H,21,23)(H,22,24)(H2,19,20,25). The average molecular weight is 372 g/mol. The molecule has 1 aromatic carbocycles. The summed E-state index contributed by atoms with van der Waals surface area (Å²) in [5.41, 5.74) is 6.55. The van der Waals surface area contributed by atoms with Gasteiger partial charge in [0.1, 0.15) is 6.54 Å². The quantitative estimate of drug-likeness (QED) is 0.619. The minimum atomic E-state index is -0.511. The monoisotopic (exact) mass is 372 g/mol. The average Bonchev–Trinajstić information content (AvgIpc) is 3.09. The van der Waals surface area contributed by atoms with Crippen molar-refractivity contribution in [3.63, 3.8) is 0 Å². The normalized spacial score (nSPS) is 12.6. The second-order valence-corrected chi connectivity index (χ2v) is 7.08. The van der Waals surface area contributed by atoms with Gasteiger partial charge in [-0.25, -0.2) is 4.79 Å². The first-order chi connectivity index (χ1) is 12.6. The van der Waals surface area contributed by atoms with Crippen LogP contribution in [0.15, 0.2) is 36.4 Å².